The summed E-state index contributed by atoms with van der Waals surface area (Å²) in [4.78, 5) is 22.8. The molecule has 0 fully saturated rings. The number of nitrogens with zero attached hydrogens (tertiary/aromatic N) is 2. The third-order valence-corrected chi connectivity index (χ3v) is 4.05. The van der Waals surface area contributed by atoms with Crippen LogP contribution < -0.4 is 5.48 Å². The van der Waals surface area contributed by atoms with E-state index in [0.717, 1.165) is 0 Å². The van der Waals surface area contributed by atoms with E-state index in [0.29, 0.717) is 16.7 Å². The molecular weight excluding hydrogens is 382 g/mol. The molecule has 148 valence electrons. The molecule has 1 aliphatic rings. The molecule has 0 radical (unpaired) electrons. The second kappa shape index (κ2) is 7.55. The van der Waals surface area contributed by atoms with Gasteiger partial charge in [0.1, 0.15) is 12.1 Å². The molecule has 2 heterocycles. The minimum atomic E-state index is -5.13. The van der Waals surface area contributed by atoms with Crippen molar-refractivity contribution in [2.75, 3.05) is 13.2 Å². The Balaban J connectivity index is 1.85. The molecule has 0 amide bonds. The van der Waals surface area contributed by atoms with Gasteiger partial charge in [-0.25, -0.2) is 15.3 Å². The van der Waals surface area contributed by atoms with E-state index in [1.807, 2.05) is 5.48 Å². The summed E-state index contributed by atoms with van der Waals surface area (Å²) in [7, 11) is 0. The fourth-order valence-electron chi connectivity index (χ4n) is 2.70. The van der Waals surface area contributed by atoms with Crippen molar-refractivity contribution in [2.24, 2.45) is 4.99 Å². The summed E-state index contributed by atoms with van der Waals surface area (Å²) in [5.74, 6) is -3.10. The highest BCUT2D eigenvalue weighted by molar-refractivity contribution is 5.85. The van der Waals surface area contributed by atoms with Crippen LogP contribution in [0, 0.1) is 5.95 Å². The van der Waals surface area contributed by atoms with E-state index in [-0.39, 0.29) is 19.0 Å². The van der Waals surface area contributed by atoms with Crippen molar-refractivity contribution in [3.8, 4) is 11.1 Å². The number of benzene rings is 1. The predicted octanol–water partition coefficient (Wildman–Crippen LogP) is 3.14. The Kier molecular flexibility index (Phi) is 5.32. The van der Waals surface area contributed by atoms with Gasteiger partial charge < -0.3 is 9.57 Å². The first kappa shape index (κ1) is 19.7. The van der Waals surface area contributed by atoms with Gasteiger partial charge in [0.05, 0.1) is 6.61 Å². The molecule has 1 aliphatic heterocycles. The Morgan fingerprint density at radius 2 is 2.07 bits per heavy atom. The van der Waals surface area contributed by atoms with Crippen LogP contribution in [0.15, 0.2) is 47.6 Å². The zero-order valence-corrected chi connectivity index (χ0v) is 14.6. The van der Waals surface area contributed by atoms with Crippen LogP contribution in [-0.2, 0) is 19.9 Å². The SMILES string of the molecule is CC1(c2cccc(-c3cccnc3F)c2)COCC(NOC(=O)C(F)(F)F)=N1. The van der Waals surface area contributed by atoms with Gasteiger partial charge in [-0.3, -0.25) is 4.99 Å². The Morgan fingerprint density at radius 1 is 1.29 bits per heavy atom. The number of hydrogen-bond acceptors (Lipinski definition) is 6. The van der Waals surface area contributed by atoms with Gasteiger partial charge in [0.15, 0.2) is 5.84 Å². The minimum Gasteiger partial charge on any atom is -0.371 e. The van der Waals surface area contributed by atoms with Crippen LogP contribution in [0.25, 0.3) is 11.1 Å². The predicted molar refractivity (Wildman–Crippen MR) is 90.5 cm³/mol. The van der Waals surface area contributed by atoms with Gasteiger partial charge in [0.2, 0.25) is 5.95 Å². The average molecular weight is 397 g/mol. The van der Waals surface area contributed by atoms with E-state index < -0.39 is 23.6 Å². The zero-order valence-electron chi connectivity index (χ0n) is 14.6. The molecule has 0 spiro atoms. The normalized spacial score (nSPS) is 19.7. The highest BCUT2D eigenvalue weighted by Gasteiger charge is 2.42. The number of pyridine rings is 1. The van der Waals surface area contributed by atoms with Gasteiger partial charge in [0.25, 0.3) is 0 Å². The fourth-order valence-corrected chi connectivity index (χ4v) is 2.70. The lowest BCUT2D eigenvalue weighted by atomic mass is 9.90. The largest absolute Gasteiger partial charge is 0.493 e. The molecule has 0 saturated carbocycles. The van der Waals surface area contributed by atoms with Crippen molar-refractivity contribution in [3.05, 3.63) is 54.1 Å². The summed E-state index contributed by atoms with van der Waals surface area (Å²) < 4.78 is 56.1. The maximum atomic E-state index is 14.0. The lowest BCUT2D eigenvalue weighted by molar-refractivity contribution is -0.204. The summed E-state index contributed by atoms with van der Waals surface area (Å²) in [6.07, 6.45) is -3.79. The van der Waals surface area contributed by atoms with Crippen LogP contribution in [0.4, 0.5) is 17.6 Å². The Hall–Kier alpha value is -3.01. The van der Waals surface area contributed by atoms with Gasteiger partial charge in [0, 0.05) is 11.8 Å². The zero-order chi connectivity index (χ0) is 20.4. The number of rotatable bonds is 2. The fraction of sp³-hybridized carbons (Fsp3) is 0.278. The maximum Gasteiger partial charge on any atom is 0.493 e. The van der Waals surface area contributed by atoms with Crippen molar-refractivity contribution in [3.63, 3.8) is 0 Å². The Morgan fingerprint density at radius 3 is 2.79 bits per heavy atom. The summed E-state index contributed by atoms with van der Waals surface area (Å²) in [5, 5.41) is 0. The van der Waals surface area contributed by atoms with Crippen LogP contribution in [0.1, 0.15) is 12.5 Å². The van der Waals surface area contributed by atoms with Crippen molar-refractivity contribution in [1.82, 2.24) is 10.5 Å². The number of carbonyl (C=O) groups is 1. The number of hydrogen-bond donors (Lipinski definition) is 1. The van der Waals surface area contributed by atoms with Crippen LogP contribution in [-0.4, -0.2) is 36.2 Å². The van der Waals surface area contributed by atoms with Gasteiger partial charge >= 0.3 is 12.1 Å². The molecule has 1 aromatic heterocycles. The quantitative estimate of drug-likeness (QED) is 0.479. The molecule has 3 rings (SSSR count). The molecule has 1 unspecified atom stereocenters. The number of halogens is 4. The number of aliphatic imine (C=N–C) groups is 1. The first-order valence-corrected chi connectivity index (χ1v) is 8.11. The van der Waals surface area contributed by atoms with Crippen LogP contribution in [0.5, 0.6) is 0 Å². The molecule has 1 atom stereocenters. The van der Waals surface area contributed by atoms with Crippen molar-refractivity contribution >= 4 is 11.8 Å². The lowest BCUT2D eigenvalue weighted by Crippen LogP contribution is -2.42. The minimum absolute atomic E-state index is 0.0793. The molecule has 1 N–H and O–H groups in total. The van der Waals surface area contributed by atoms with E-state index >= 15 is 0 Å². The standard InChI is InChI=1S/C18H15F4N3O3/c1-17(10-27-9-14(24-17)25-28-16(26)18(20,21)22)12-5-2-4-11(8-12)13-6-3-7-23-15(13)19/h2-8H,9-10H2,1H3,(H,24,25). The third kappa shape index (κ3) is 4.28. The molecular formula is C18H15F4N3O3. The number of hydroxylamine groups is 1. The molecule has 6 nitrogen and oxygen atoms in total. The monoisotopic (exact) mass is 397 g/mol. The van der Waals surface area contributed by atoms with E-state index in [4.69, 9.17) is 4.74 Å². The maximum absolute atomic E-state index is 14.0. The van der Waals surface area contributed by atoms with Gasteiger partial charge in [-0.05, 0) is 36.2 Å². The number of aromatic nitrogens is 1. The summed E-state index contributed by atoms with van der Waals surface area (Å²) >= 11 is 0. The van der Waals surface area contributed by atoms with Crippen molar-refractivity contribution in [1.29, 1.82) is 0 Å². The van der Waals surface area contributed by atoms with Gasteiger partial charge in [-0.2, -0.15) is 17.6 Å². The van der Waals surface area contributed by atoms with Crippen LogP contribution in [0.3, 0.4) is 0 Å². The molecule has 0 bridgehead atoms. The first-order chi connectivity index (χ1) is 13.2. The highest BCUT2D eigenvalue weighted by atomic mass is 19.4. The Labute approximate surface area is 157 Å². The number of amidine groups is 1. The van der Waals surface area contributed by atoms with Crippen molar-refractivity contribution < 1.29 is 31.9 Å². The third-order valence-electron chi connectivity index (χ3n) is 4.05. The topological polar surface area (TPSA) is 72.8 Å². The summed E-state index contributed by atoms with van der Waals surface area (Å²) in [6.45, 7) is 1.67. The van der Waals surface area contributed by atoms with Crippen LogP contribution in [0.2, 0.25) is 0 Å². The van der Waals surface area contributed by atoms with E-state index in [1.54, 1.807) is 43.3 Å². The molecule has 28 heavy (non-hydrogen) atoms. The number of nitrogens with one attached hydrogen (secondary N) is 1. The second-order valence-electron chi connectivity index (χ2n) is 6.24. The van der Waals surface area contributed by atoms with E-state index in [1.165, 1.54) is 6.20 Å². The average Bonchev–Trinajstić information content (AvgIpc) is 2.66. The summed E-state index contributed by atoms with van der Waals surface area (Å²) in [5.41, 5.74) is 2.40. The number of alkyl halides is 3. The van der Waals surface area contributed by atoms with Gasteiger partial charge in [-0.15, -0.1) is 0 Å². The molecule has 0 saturated heterocycles. The lowest BCUT2D eigenvalue weighted by Gasteiger charge is -2.31. The smallest absolute Gasteiger partial charge is 0.371 e. The van der Waals surface area contributed by atoms with Crippen molar-refractivity contribution in [2.45, 2.75) is 18.6 Å². The van der Waals surface area contributed by atoms with Gasteiger partial charge in [-0.1, -0.05) is 18.2 Å². The molecule has 1 aromatic carbocycles. The van der Waals surface area contributed by atoms with E-state index in [9.17, 15) is 22.4 Å². The highest BCUT2D eigenvalue weighted by Crippen LogP contribution is 2.32. The summed E-state index contributed by atoms with van der Waals surface area (Å²) in [6, 6.07) is 10.0. The number of ether oxygens (including phenoxy) is 1. The molecule has 0 aliphatic carbocycles. The second-order valence-corrected chi connectivity index (χ2v) is 6.24. The molecule has 2 aromatic rings. The first-order valence-electron chi connectivity index (χ1n) is 8.11. The van der Waals surface area contributed by atoms with Crippen LogP contribution >= 0.6 is 0 Å². The van der Waals surface area contributed by atoms with E-state index in [2.05, 4.69) is 14.8 Å². The number of carbonyl (C=O) groups excluding carboxylic acids is 1. The Bertz CT molecular complexity index is 917. The molecule has 10 heteroatoms.